The summed E-state index contributed by atoms with van der Waals surface area (Å²) in [4.78, 5) is 14.4. The lowest BCUT2D eigenvalue weighted by atomic mass is 10.2. The quantitative estimate of drug-likeness (QED) is 0.932. The largest absolute Gasteiger partial charge is 0.451 e. The maximum absolute atomic E-state index is 12.1. The Balaban J connectivity index is 1.57. The van der Waals surface area contributed by atoms with E-state index in [1.54, 1.807) is 6.07 Å². The first-order chi connectivity index (χ1) is 10.2. The van der Waals surface area contributed by atoms with Crippen LogP contribution in [-0.2, 0) is 4.74 Å². The molecule has 5 heteroatoms. The van der Waals surface area contributed by atoms with Crippen molar-refractivity contribution in [1.82, 2.24) is 10.2 Å². The summed E-state index contributed by atoms with van der Waals surface area (Å²) in [5.74, 6) is 0.222. The number of hydrogen-bond donors (Lipinski definition) is 1. The van der Waals surface area contributed by atoms with Crippen molar-refractivity contribution in [2.24, 2.45) is 0 Å². The van der Waals surface area contributed by atoms with Crippen molar-refractivity contribution in [3.63, 3.8) is 0 Å². The molecule has 3 rings (SSSR count). The number of ether oxygens (including phenoxy) is 1. The fourth-order valence-corrected chi connectivity index (χ4v) is 2.56. The van der Waals surface area contributed by atoms with Gasteiger partial charge < -0.3 is 14.5 Å². The number of carbonyl (C=O) groups is 1. The van der Waals surface area contributed by atoms with E-state index in [9.17, 15) is 4.79 Å². The van der Waals surface area contributed by atoms with Crippen LogP contribution in [0.5, 0.6) is 0 Å². The van der Waals surface area contributed by atoms with Crippen LogP contribution >= 0.6 is 0 Å². The Morgan fingerprint density at radius 1 is 1.33 bits per heavy atom. The molecule has 1 saturated heterocycles. The number of nitrogens with one attached hydrogen (secondary N) is 1. The number of amides is 1. The fourth-order valence-electron chi connectivity index (χ4n) is 2.56. The minimum atomic E-state index is -0.154. The third-order valence-electron chi connectivity index (χ3n) is 3.78. The first-order valence-electron chi connectivity index (χ1n) is 7.31. The number of para-hydroxylation sites is 1. The van der Waals surface area contributed by atoms with Crippen molar-refractivity contribution in [3.8, 4) is 0 Å². The third kappa shape index (κ3) is 3.25. The normalized spacial score (nSPS) is 16.2. The van der Waals surface area contributed by atoms with Gasteiger partial charge in [-0.25, -0.2) is 0 Å². The zero-order valence-electron chi connectivity index (χ0n) is 12.2. The molecule has 0 atom stereocenters. The Labute approximate surface area is 123 Å². The second-order valence-corrected chi connectivity index (χ2v) is 5.31. The number of rotatable bonds is 4. The molecule has 0 radical (unpaired) electrons. The minimum absolute atomic E-state index is 0.154. The van der Waals surface area contributed by atoms with E-state index in [0.717, 1.165) is 49.4 Å². The van der Waals surface area contributed by atoms with Crippen LogP contribution in [-0.4, -0.2) is 50.2 Å². The van der Waals surface area contributed by atoms with Gasteiger partial charge >= 0.3 is 0 Å². The van der Waals surface area contributed by atoms with Crippen LogP contribution in [0.3, 0.4) is 0 Å². The van der Waals surface area contributed by atoms with Gasteiger partial charge in [0.15, 0.2) is 5.76 Å². The van der Waals surface area contributed by atoms with E-state index in [2.05, 4.69) is 10.2 Å². The zero-order chi connectivity index (χ0) is 14.7. The second kappa shape index (κ2) is 6.28. The Morgan fingerprint density at radius 3 is 2.90 bits per heavy atom. The molecule has 2 aromatic rings. The van der Waals surface area contributed by atoms with Gasteiger partial charge in [-0.2, -0.15) is 0 Å². The van der Waals surface area contributed by atoms with E-state index in [1.807, 2.05) is 25.1 Å². The molecule has 1 aromatic heterocycles. The number of morpholine rings is 1. The van der Waals surface area contributed by atoms with E-state index < -0.39 is 0 Å². The lowest BCUT2D eigenvalue weighted by Gasteiger charge is -2.26. The standard InChI is InChI=1S/C16H20N2O3/c1-12-3-2-4-13-11-14(21-15(12)13)16(19)17-5-6-18-7-9-20-10-8-18/h2-4,11H,5-10H2,1H3,(H,17,19). The van der Waals surface area contributed by atoms with Crippen molar-refractivity contribution in [3.05, 3.63) is 35.6 Å². The molecule has 21 heavy (non-hydrogen) atoms. The first kappa shape index (κ1) is 14.1. The van der Waals surface area contributed by atoms with Gasteiger partial charge in [-0.05, 0) is 18.6 Å². The van der Waals surface area contributed by atoms with Gasteiger partial charge in [0.25, 0.3) is 5.91 Å². The van der Waals surface area contributed by atoms with E-state index in [1.165, 1.54) is 0 Å². The highest BCUT2D eigenvalue weighted by Crippen LogP contribution is 2.22. The monoisotopic (exact) mass is 288 g/mol. The molecule has 0 spiro atoms. The number of aryl methyl sites for hydroxylation is 1. The molecule has 5 nitrogen and oxygen atoms in total. The van der Waals surface area contributed by atoms with Crippen LogP contribution in [0.2, 0.25) is 0 Å². The lowest BCUT2D eigenvalue weighted by Crippen LogP contribution is -2.41. The Bertz CT molecular complexity index is 629. The molecule has 1 N–H and O–H groups in total. The maximum atomic E-state index is 12.1. The smallest absolute Gasteiger partial charge is 0.287 e. The molecule has 1 amide bonds. The molecule has 1 fully saturated rings. The fraction of sp³-hybridized carbons (Fsp3) is 0.438. The van der Waals surface area contributed by atoms with E-state index >= 15 is 0 Å². The van der Waals surface area contributed by atoms with Crippen LogP contribution < -0.4 is 5.32 Å². The Morgan fingerprint density at radius 2 is 2.14 bits per heavy atom. The maximum Gasteiger partial charge on any atom is 0.287 e. The van der Waals surface area contributed by atoms with Crippen molar-refractivity contribution >= 4 is 16.9 Å². The molecule has 1 aromatic carbocycles. The number of carbonyl (C=O) groups excluding carboxylic acids is 1. The average molecular weight is 288 g/mol. The lowest BCUT2D eigenvalue weighted by molar-refractivity contribution is 0.0382. The zero-order valence-corrected chi connectivity index (χ0v) is 12.2. The number of hydrogen-bond acceptors (Lipinski definition) is 4. The van der Waals surface area contributed by atoms with Gasteiger partial charge in [0, 0.05) is 31.6 Å². The summed E-state index contributed by atoms with van der Waals surface area (Å²) in [7, 11) is 0. The summed E-state index contributed by atoms with van der Waals surface area (Å²) in [6, 6.07) is 7.70. The number of fused-ring (bicyclic) bond motifs is 1. The van der Waals surface area contributed by atoms with Gasteiger partial charge in [0.2, 0.25) is 0 Å². The van der Waals surface area contributed by atoms with Crippen LogP contribution in [0.15, 0.2) is 28.7 Å². The van der Waals surface area contributed by atoms with Gasteiger partial charge in [-0.3, -0.25) is 9.69 Å². The molecule has 0 unspecified atom stereocenters. The third-order valence-corrected chi connectivity index (χ3v) is 3.78. The first-order valence-corrected chi connectivity index (χ1v) is 7.31. The number of furan rings is 1. The number of benzene rings is 1. The van der Waals surface area contributed by atoms with Crippen LogP contribution in [0, 0.1) is 6.92 Å². The summed E-state index contributed by atoms with van der Waals surface area (Å²) in [6.07, 6.45) is 0. The minimum Gasteiger partial charge on any atom is -0.451 e. The highest BCUT2D eigenvalue weighted by molar-refractivity contribution is 5.96. The molecule has 1 aliphatic heterocycles. The average Bonchev–Trinajstić information content (AvgIpc) is 2.94. The molecule has 0 aliphatic carbocycles. The summed E-state index contributed by atoms with van der Waals surface area (Å²) in [5.41, 5.74) is 1.83. The van der Waals surface area contributed by atoms with Crippen molar-refractivity contribution in [1.29, 1.82) is 0 Å². The molecule has 1 aliphatic rings. The Hall–Kier alpha value is -1.85. The summed E-state index contributed by atoms with van der Waals surface area (Å²) < 4.78 is 11.0. The highest BCUT2D eigenvalue weighted by atomic mass is 16.5. The SMILES string of the molecule is Cc1cccc2cc(C(=O)NCCN3CCOCC3)oc12. The van der Waals surface area contributed by atoms with Crippen LogP contribution in [0.1, 0.15) is 16.1 Å². The molecule has 2 heterocycles. The van der Waals surface area contributed by atoms with Crippen molar-refractivity contribution in [2.75, 3.05) is 39.4 Å². The summed E-state index contributed by atoms with van der Waals surface area (Å²) in [6.45, 7) is 6.85. The second-order valence-electron chi connectivity index (χ2n) is 5.31. The molecule has 112 valence electrons. The van der Waals surface area contributed by atoms with Gasteiger partial charge in [-0.15, -0.1) is 0 Å². The van der Waals surface area contributed by atoms with Crippen LogP contribution in [0.25, 0.3) is 11.0 Å². The predicted octanol–water partition coefficient (Wildman–Crippen LogP) is 1.80. The molecular formula is C16H20N2O3. The van der Waals surface area contributed by atoms with Gasteiger partial charge in [0.05, 0.1) is 13.2 Å². The number of nitrogens with zero attached hydrogens (tertiary/aromatic N) is 1. The Kier molecular flexibility index (Phi) is 4.22. The van der Waals surface area contributed by atoms with E-state index in [0.29, 0.717) is 12.3 Å². The molecular weight excluding hydrogens is 268 g/mol. The summed E-state index contributed by atoms with van der Waals surface area (Å²) in [5, 5.41) is 3.88. The van der Waals surface area contributed by atoms with Crippen molar-refractivity contribution < 1.29 is 13.9 Å². The van der Waals surface area contributed by atoms with E-state index in [-0.39, 0.29) is 5.91 Å². The van der Waals surface area contributed by atoms with Crippen LogP contribution in [0.4, 0.5) is 0 Å². The molecule has 0 saturated carbocycles. The van der Waals surface area contributed by atoms with Gasteiger partial charge in [-0.1, -0.05) is 18.2 Å². The van der Waals surface area contributed by atoms with Gasteiger partial charge in [0.1, 0.15) is 5.58 Å². The summed E-state index contributed by atoms with van der Waals surface area (Å²) >= 11 is 0. The predicted molar refractivity (Wildman–Crippen MR) is 80.5 cm³/mol. The topological polar surface area (TPSA) is 54.7 Å². The van der Waals surface area contributed by atoms with E-state index in [4.69, 9.17) is 9.15 Å². The highest BCUT2D eigenvalue weighted by Gasteiger charge is 2.14. The molecule has 0 bridgehead atoms. The van der Waals surface area contributed by atoms with Crippen molar-refractivity contribution in [2.45, 2.75) is 6.92 Å².